The summed E-state index contributed by atoms with van der Waals surface area (Å²) in [5, 5.41) is 13.5. The van der Waals surface area contributed by atoms with Gasteiger partial charge < -0.3 is 15.2 Å². The van der Waals surface area contributed by atoms with Crippen molar-refractivity contribution in [3.05, 3.63) is 36.7 Å². The van der Waals surface area contributed by atoms with Gasteiger partial charge >= 0.3 is 6.09 Å². The first-order valence-electron chi connectivity index (χ1n) is 12.4. The predicted octanol–water partition coefficient (Wildman–Crippen LogP) is 1.83. The second-order valence-electron chi connectivity index (χ2n) is 11.4. The predicted molar refractivity (Wildman–Crippen MR) is 132 cm³/mol. The second kappa shape index (κ2) is 9.23. The molecule has 3 aliphatic carbocycles. The van der Waals surface area contributed by atoms with Gasteiger partial charge in [-0.15, -0.1) is 6.58 Å². The Morgan fingerprint density at radius 3 is 2.46 bits per heavy atom. The van der Waals surface area contributed by atoms with Gasteiger partial charge in [0, 0.05) is 18.3 Å². The van der Waals surface area contributed by atoms with Gasteiger partial charge in [-0.05, 0) is 58.6 Å². The van der Waals surface area contributed by atoms with Crippen LogP contribution in [0.25, 0.3) is 0 Å². The van der Waals surface area contributed by atoms with E-state index >= 15 is 0 Å². The molecule has 0 spiro atoms. The van der Waals surface area contributed by atoms with Crippen LogP contribution in [0.4, 0.5) is 9.18 Å². The maximum Gasteiger partial charge on any atom is 0.411 e. The Balaban J connectivity index is 1.56. The Kier molecular flexibility index (Phi) is 6.81. The van der Waals surface area contributed by atoms with Gasteiger partial charge in [0.25, 0.3) is 5.91 Å². The Labute approximate surface area is 216 Å². The van der Waals surface area contributed by atoms with Crippen LogP contribution in [0.1, 0.15) is 52.9 Å². The molecule has 12 heteroatoms. The van der Waals surface area contributed by atoms with E-state index in [-0.39, 0.29) is 25.8 Å². The van der Waals surface area contributed by atoms with Crippen molar-refractivity contribution in [3.63, 3.8) is 0 Å². The molecular weight excluding hydrogens is 505 g/mol. The average Bonchev–Trinajstić information content (AvgIpc) is 3.70. The molecule has 0 aromatic heterocycles. The number of hydrogen-bond acceptors (Lipinski definition) is 7. The highest BCUT2D eigenvalue weighted by Crippen LogP contribution is 2.46. The third-order valence-corrected chi connectivity index (χ3v) is 9.11. The van der Waals surface area contributed by atoms with Crippen molar-refractivity contribution in [2.24, 2.45) is 11.8 Å². The Morgan fingerprint density at radius 1 is 1.27 bits per heavy atom. The zero-order chi connectivity index (χ0) is 27.4. The average molecular weight is 540 g/mol. The van der Waals surface area contributed by atoms with Crippen LogP contribution in [0.2, 0.25) is 0 Å². The number of likely N-dealkylation sites (tertiary alicyclic amines) is 1. The number of amides is 3. The van der Waals surface area contributed by atoms with Crippen LogP contribution in [0.5, 0.6) is 0 Å². The molecular formula is C25H34FN3O7S. The summed E-state index contributed by atoms with van der Waals surface area (Å²) in [6.45, 7) is 8.42. The molecule has 5 atom stereocenters. The molecule has 3 N–H and O–H groups in total. The highest BCUT2D eigenvalue weighted by atomic mass is 32.2. The minimum atomic E-state index is -3.85. The first-order valence-corrected chi connectivity index (χ1v) is 13.9. The summed E-state index contributed by atoms with van der Waals surface area (Å²) >= 11 is 0. The van der Waals surface area contributed by atoms with Gasteiger partial charge in [0.2, 0.25) is 15.9 Å². The summed E-state index contributed by atoms with van der Waals surface area (Å²) in [4.78, 5) is 40.8. The van der Waals surface area contributed by atoms with Crippen LogP contribution in [0.3, 0.4) is 0 Å². The topological polar surface area (TPSA) is 142 Å². The number of allylic oxidation sites excluding steroid dienone is 3. The van der Waals surface area contributed by atoms with Crippen LogP contribution < -0.4 is 10.0 Å². The van der Waals surface area contributed by atoms with E-state index in [1.165, 1.54) is 24.3 Å². The smallest absolute Gasteiger partial charge is 0.411 e. The Bertz CT molecular complexity index is 1170. The molecule has 0 aromatic rings. The lowest BCUT2D eigenvalue weighted by atomic mass is 9.81. The van der Waals surface area contributed by atoms with E-state index in [1.54, 1.807) is 20.8 Å². The van der Waals surface area contributed by atoms with Gasteiger partial charge in [-0.3, -0.25) is 19.2 Å². The monoisotopic (exact) mass is 539 g/mol. The van der Waals surface area contributed by atoms with Crippen molar-refractivity contribution in [1.29, 1.82) is 0 Å². The summed E-state index contributed by atoms with van der Waals surface area (Å²) in [5.41, 5.74) is -3.96. The number of carbonyl (C=O) groups excluding carboxylic acids is 3. The normalized spacial score (nSPS) is 33.4. The molecule has 0 radical (unpaired) electrons. The first kappa shape index (κ1) is 27.3. The fourth-order valence-electron chi connectivity index (χ4n) is 4.94. The first-order chi connectivity index (χ1) is 17.1. The van der Waals surface area contributed by atoms with E-state index in [4.69, 9.17) is 4.74 Å². The minimum Gasteiger partial charge on any atom is -0.444 e. The highest BCUT2D eigenvalue weighted by Gasteiger charge is 2.62. The SMILES string of the molecule is C=C[C@@H]1C[C@]1(NC(=O)[C@@H]1C[C@@](O)(C2C=CC(F)=CC2)CN1C(=O)OC(C)(C)C)C(=O)NS(=O)(=O)C1CC1. The van der Waals surface area contributed by atoms with E-state index in [0.717, 1.165) is 4.90 Å². The van der Waals surface area contributed by atoms with Crippen molar-refractivity contribution < 1.29 is 37.0 Å². The zero-order valence-electron chi connectivity index (χ0n) is 21.2. The van der Waals surface area contributed by atoms with Gasteiger partial charge in [-0.1, -0.05) is 12.2 Å². The molecule has 3 amide bonds. The lowest BCUT2D eigenvalue weighted by Gasteiger charge is -2.31. The molecule has 0 bridgehead atoms. The van der Waals surface area contributed by atoms with Crippen LogP contribution in [0.15, 0.2) is 36.7 Å². The number of nitrogens with zero attached hydrogens (tertiary/aromatic N) is 1. The number of carbonyl (C=O) groups is 3. The number of ether oxygens (including phenoxy) is 1. The minimum absolute atomic E-state index is 0.146. The fraction of sp³-hybridized carbons (Fsp3) is 0.640. The standard InChI is InChI=1S/C25H34FN3O7S/c1-5-15-12-25(15,21(31)28-37(34,35)18-10-11-18)27-20(30)19-13-24(33,16-6-8-17(26)9-7-16)14-29(19)22(32)36-23(2,3)4/h5-6,8-9,15-16,18-19,33H,1,7,10-14H2,2-4H3,(H,27,30)(H,28,31)/t15-,16?,19+,24+,25-/m1/s1. The number of sulfonamides is 1. The van der Waals surface area contributed by atoms with Gasteiger partial charge in [0.15, 0.2) is 0 Å². The molecule has 1 heterocycles. The maximum atomic E-state index is 13.6. The Hall–Kier alpha value is -2.73. The summed E-state index contributed by atoms with van der Waals surface area (Å²) in [6, 6.07) is -1.21. The summed E-state index contributed by atoms with van der Waals surface area (Å²) in [7, 11) is -3.85. The van der Waals surface area contributed by atoms with Crippen LogP contribution >= 0.6 is 0 Å². The molecule has 0 aromatic carbocycles. The number of β-amino-alcohol motifs (C(OH)–C–C–N with tert-alkyl or cyclic N) is 1. The summed E-state index contributed by atoms with van der Waals surface area (Å²) in [6.07, 6.45) is 5.79. The van der Waals surface area contributed by atoms with Crippen molar-refractivity contribution in [1.82, 2.24) is 14.9 Å². The van der Waals surface area contributed by atoms with Gasteiger partial charge in [-0.25, -0.2) is 17.6 Å². The van der Waals surface area contributed by atoms with E-state index < -0.39 is 73.6 Å². The molecule has 37 heavy (non-hydrogen) atoms. The van der Waals surface area contributed by atoms with Crippen molar-refractivity contribution in [2.75, 3.05) is 6.54 Å². The van der Waals surface area contributed by atoms with Crippen LogP contribution in [-0.4, -0.2) is 70.9 Å². The van der Waals surface area contributed by atoms with Crippen molar-refractivity contribution in [2.45, 2.75) is 80.9 Å². The summed E-state index contributed by atoms with van der Waals surface area (Å²) < 4.78 is 45.8. The Morgan fingerprint density at radius 2 is 1.95 bits per heavy atom. The number of nitrogens with one attached hydrogen (secondary N) is 2. The van der Waals surface area contributed by atoms with Crippen LogP contribution in [-0.2, 0) is 24.3 Å². The maximum absolute atomic E-state index is 13.6. The molecule has 10 nitrogen and oxygen atoms in total. The van der Waals surface area contributed by atoms with Gasteiger partial charge in [0.1, 0.15) is 23.0 Å². The van der Waals surface area contributed by atoms with Crippen LogP contribution in [0, 0.1) is 11.8 Å². The highest BCUT2D eigenvalue weighted by molar-refractivity contribution is 7.91. The molecule has 1 aliphatic heterocycles. The zero-order valence-corrected chi connectivity index (χ0v) is 22.0. The number of hydrogen-bond donors (Lipinski definition) is 3. The lowest BCUT2D eigenvalue weighted by Crippen LogP contribution is -2.56. The summed E-state index contributed by atoms with van der Waals surface area (Å²) in [5.74, 6) is -3.08. The largest absolute Gasteiger partial charge is 0.444 e. The fourth-order valence-corrected chi connectivity index (χ4v) is 6.31. The third-order valence-electron chi connectivity index (χ3n) is 7.29. The lowest BCUT2D eigenvalue weighted by molar-refractivity contribution is -0.131. The van der Waals surface area contributed by atoms with E-state index in [0.29, 0.717) is 12.8 Å². The van der Waals surface area contributed by atoms with E-state index in [2.05, 4.69) is 16.6 Å². The third kappa shape index (κ3) is 5.59. The molecule has 4 aliphatic rings. The molecule has 2 saturated carbocycles. The van der Waals surface area contributed by atoms with E-state index in [1.807, 2.05) is 0 Å². The van der Waals surface area contributed by atoms with Crippen molar-refractivity contribution in [3.8, 4) is 0 Å². The molecule has 204 valence electrons. The molecule has 4 rings (SSSR count). The van der Waals surface area contributed by atoms with Crippen molar-refractivity contribution >= 4 is 27.9 Å². The molecule has 1 unspecified atom stereocenters. The van der Waals surface area contributed by atoms with Gasteiger partial charge in [0.05, 0.1) is 17.4 Å². The molecule has 1 saturated heterocycles. The number of aliphatic hydroxyl groups is 1. The molecule has 3 fully saturated rings. The quantitative estimate of drug-likeness (QED) is 0.419. The number of rotatable bonds is 7. The van der Waals surface area contributed by atoms with E-state index in [9.17, 15) is 32.3 Å². The second-order valence-corrected chi connectivity index (χ2v) is 13.4. The van der Waals surface area contributed by atoms with Gasteiger partial charge in [-0.2, -0.15) is 0 Å². The number of halogens is 1.